The number of hydrogen-bond acceptors (Lipinski definition) is 3. The van der Waals surface area contributed by atoms with Crippen molar-refractivity contribution in [3.8, 4) is 16.9 Å². The van der Waals surface area contributed by atoms with Crippen LogP contribution in [0.3, 0.4) is 0 Å². The Hall–Kier alpha value is -2.02. The highest BCUT2D eigenvalue weighted by atomic mass is 79.9. The monoisotopic (exact) mass is 453 g/mol. The average molecular weight is 455 g/mol. The van der Waals surface area contributed by atoms with Gasteiger partial charge in [-0.25, -0.2) is 0 Å². The summed E-state index contributed by atoms with van der Waals surface area (Å²) < 4.78 is 2.23. The van der Waals surface area contributed by atoms with E-state index in [0.29, 0.717) is 10.0 Å². The smallest absolute Gasteiger partial charge is 0.254 e. The van der Waals surface area contributed by atoms with Crippen LogP contribution in [0, 0.1) is 0 Å². The van der Waals surface area contributed by atoms with E-state index < -0.39 is 5.91 Å². The van der Waals surface area contributed by atoms with Gasteiger partial charge in [0.15, 0.2) is 0 Å². The molecule has 0 unspecified atom stereocenters. The minimum atomic E-state index is -0.419. The summed E-state index contributed by atoms with van der Waals surface area (Å²) in [5, 5.41) is 17.3. The number of carbonyl (C=O) groups excluding carboxylic acids is 1. The van der Waals surface area contributed by atoms with Crippen LogP contribution in [0.25, 0.3) is 11.1 Å². The van der Waals surface area contributed by atoms with Crippen LogP contribution in [-0.4, -0.2) is 20.8 Å². The highest BCUT2D eigenvalue weighted by molar-refractivity contribution is 9.10. The van der Waals surface area contributed by atoms with Gasteiger partial charge in [0.2, 0.25) is 0 Å². The topological polar surface area (TPSA) is 67.2 Å². The van der Waals surface area contributed by atoms with E-state index in [9.17, 15) is 9.90 Å². The highest BCUT2D eigenvalue weighted by Crippen LogP contribution is 2.32. The predicted molar refractivity (Wildman–Crippen MR) is 106 cm³/mol. The number of nitrogens with zero attached hydrogens (tertiary/aromatic N) is 2. The molecule has 1 heterocycles. The largest absolute Gasteiger partial charge is 0.506 e. The van der Waals surface area contributed by atoms with Crippen molar-refractivity contribution >= 4 is 45.0 Å². The Morgan fingerprint density at radius 3 is 2.58 bits per heavy atom. The van der Waals surface area contributed by atoms with Crippen molar-refractivity contribution in [2.45, 2.75) is 6.54 Å². The van der Waals surface area contributed by atoms with Crippen molar-refractivity contribution in [1.29, 1.82) is 0 Å². The molecule has 26 heavy (non-hydrogen) atoms. The van der Waals surface area contributed by atoms with Crippen LogP contribution in [0.15, 0.2) is 47.2 Å². The van der Waals surface area contributed by atoms with Crippen LogP contribution < -0.4 is 5.32 Å². The van der Waals surface area contributed by atoms with Crippen LogP contribution in [-0.2, 0) is 13.6 Å². The minimum absolute atomic E-state index is 0.0805. The number of phenolic OH excluding ortho intramolecular Hbond substituents is 1. The standard InChI is InChI=1S/C18H14BrCl2N3O2/c1-24-9-12(8-23-24)11-5-14(20)16(15(21)6-11)18(26)22-7-10-3-2-4-13(19)17(10)25/h2-6,8-9,25H,7H2,1H3,(H,22,26). The van der Waals surface area contributed by atoms with Crippen molar-refractivity contribution in [3.63, 3.8) is 0 Å². The molecule has 0 saturated carbocycles. The zero-order valence-corrected chi connectivity index (χ0v) is 16.7. The molecule has 0 aliphatic rings. The Morgan fingerprint density at radius 1 is 1.27 bits per heavy atom. The Morgan fingerprint density at radius 2 is 1.96 bits per heavy atom. The van der Waals surface area contributed by atoms with Crippen LogP contribution in [0.2, 0.25) is 10.0 Å². The van der Waals surface area contributed by atoms with Gasteiger partial charge in [-0.1, -0.05) is 35.3 Å². The first-order valence-electron chi connectivity index (χ1n) is 7.59. The fourth-order valence-corrected chi connectivity index (χ4v) is 3.56. The molecule has 134 valence electrons. The Balaban J connectivity index is 1.82. The number of phenols is 1. The molecule has 0 radical (unpaired) electrons. The van der Waals surface area contributed by atoms with Gasteiger partial charge in [-0.3, -0.25) is 9.48 Å². The van der Waals surface area contributed by atoms with E-state index in [4.69, 9.17) is 23.2 Å². The van der Waals surface area contributed by atoms with Gasteiger partial charge in [-0.2, -0.15) is 5.10 Å². The minimum Gasteiger partial charge on any atom is -0.506 e. The summed E-state index contributed by atoms with van der Waals surface area (Å²) >= 11 is 15.8. The number of para-hydroxylation sites is 1. The third-order valence-electron chi connectivity index (χ3n) is 3.82. The number of halogens is 3. The second-order valence-corrected chi connectivity index (χ2v) is 7.32. The summed E-state index contributed by atoms with van der Waals surface area (Å²) in [5.41, 5.74) is 2.39. The first-order chi connectivity index (χ1) is 12.4. The molecule has 0 bridgehead atoms. The Bertz CT molecular complexity index is 965. The molecular formula is C18H14BrCl2N3O2. The van der Waals surface area contributed by atoms with Crippen molar-refractivity contribution < 1.29 is 9.90 Å². The third-order valence-corrected chi connectivity index (χ3v) is 5.05. The first-order valence-corrected chi connectivity index (χ1v) is 9.14. The summed E-state index contributed by atoms with van der Waals surface area (Å²) in [7, 11) is 1.81. The van der Waals surface area contributed by atoms with E-state index in [1.165, 1.54) is 0 Å². The second kappa shape index (κ2) is 7.70. The lowest BCUT2D eigenvalue weighted by atomic mass is 10.1. The number of hydrogen-bond donors (Lipinski definition) is 2. The molecule has 0 atom stereocenters. The van der Waals surface area contributed by atoms with Gasteiger partial charge in [0.1, 0.15) is 5.75 Å². The Labute approximate surface area is 168 Å². The molecule has 1 amide bonds. The maximum Gasteiger partial charge on any atom is 0.254 e. The van der Waals surface area contributed by atoms with Gasteiger partial charge in [0, 0.05) is 30.9 Å². The SMILES string of the molecule is Cn1cc(-c2cc(Cl)c(C(=O)NCc3cccc(Br)c3O)c(Cl)c2)cn1. The van der Waals surface area contributed by atoms with Crippen molar-refractivity contribution in [1.82, 2.24) is 15.1 Å². The number of benzene rings is 2. The molecule has 3 rings (SSSR count). The van der Waals surface area contributed by atoms with E-state index in [1.807, 2.05) is 13.2 Å². The first kappa shape index (κ1) is 18.8. The van der Waals surface area contributed by atoms with E-state index in [1.54, 1.807) is 41.2 Å². The lowest BCUT2D eigenvalue weighted by Gasteiger charge is -2.11. The normalized spacial score (nSPS) is 10.8. The van der Waals surface area contributed by atoms with E-state index >= 15 is 0 Å². The maximum atomic E-state index is 12.5. The van der Waals surface area contributed by atoms with Gasteiger partial charge in [0.05, 0.1) is 26.3 Å². The lowest BCUT2D eigenvalue weighted by Crippen LogP contribution is -2.23. The molecule has 3 aromatic rings. The number of aryl methyl sites for hydroxylation is 1. The van der Waals surface area contributed by atoms with Gasteiger partial charge in [-0.15, -0.1) is 0 Å². The number of aromatic nitrogens is 2. The summed E-state index contributed by atoms with van der Waals surface area (Å²) in [6, 6.07) is 8.56. The van der Waals surface area contributed by atoms with Gasteiger partial charge in [-0.05, 0) is 39.7 Å². The molecule has 2 N–H and O–H groups in total. The molecular weight excluding hydrogens is 441 g/mol. The number of amides is 1. The summed E-state index contributed by atoms with van der Waals surface area (Å²) in [5.74, 6) is -0.339. The lowest BCUT2D eigenvalue weighted by molar-refractivity contribution is 0.0951. The molecule has 0 aliphatic heterocycles. The summed E-state index contributed by atoms with van der Waals surface area (Å²) in [6.45, 7) is 0.140. The van der Waals surface area contributed by atoms with Crippen LogP contribution in [0.5, 0.6) is 5.75 Å². The highest BCUT2D eigenvalue weighted by Gasteiger charge is 2.17. The molecule has 1 aromatic heterocycles. The van der Waals surface area contributed by atoms with Gasteiger partial charge >= 0.3 is 0 Å². The fraction of sp³-hybridized carbons (Fsp3) is 0.111. The van der Waals surface area contributed by atoms with E-state index in [0.717, 1.165) is 11.1 Å². The van der Waals surface area contributed by atoms with Crippen molar-refractivity contribution in [2.75, 3.05) is 0 Å². The predicted octanol–water partition coefficient (Wildman–Crippen LogP) is 4.79. The zero-order chi connectivity index (χ0) is 18.8. The Kier molecular flexibility index (Phi) is 5.55. The van der Waals surface area contributed by atoms with E-state index in [2.05, 4.69) is 26.3 Å². The quantitative estimate of drug-likeness (QED) is 0.595. The van der Waals surface area contributed by atoms with Crippen LogP contribution in [0.4, 0.5) is 0 Å². The third kappa shape index (κ3) is 3.87. The second-order valence-electron chi connectivity index (χ2n) is 5.65. The van der Waals surface area contributed by atoms with Gasteiger partial charge in [0.25, 0.3) is 5.91 Å². The van der Waals surface area contributed by atoms with Crippen molar-refractivity contribution in [3.05, 3.63) is 68.4 Å². The molecule has 0 saturated heterocycles. The number of aromatic hydroxyl groups is 1. The average Bonchev–Trinajstić information content (AvgIpc) is 3.02. The zero-order valence-electron chi connectivity index (χ0n) is 13.6. The maximum absolute atomic E-state index is 12.5. The van der Waals surface area contributed by atoms with Gasteiger partial charge < -0.3 is 10.4 Å². The molecule has 0 fully saturated rings. The molecule has 0 spiro atoms. The molecule has 8 heteroatoms. The number of carbonyl (C=O) groups is 1. The molecule has 0 aliphatic carbocycles. The molecule has 5 nitrogen and oxygen atoms in total. The van der Waals surface area contributed by atoms with Crippen LogP contribution in [0.1, 0.15) is 15.9 Å². The summed E-state index contributed by atoms with van der Waals surface area (Å²) in [4.78, 5) is 12.5. The van der Waals surface area contributed by atoms with Crippen LogP contribution >= 0.6 is 39.1 Å². The molecule has 2 aromatic carbocycles. The van der Waals surface area contributed by atoms with E-state index in [-0.39, 0.29) is 27.9 Å². The number of nitrogens with one attached hydrogen (secondary N) is 1. The summed E-state index contributed by atoms with van der Waals surface area (Å²) in [6.07, 6.45) is 3.52. The van der Waals surface area contributed by atoms with Crippen molar-refractivity contribution in [2.24, 2.45) is 7.05 Å². The number of rotatable bonds is 4. The fourth-order valence-electron chi connectivity index (χ4n) is 2.49.